The Balaban J connectivity index is 4.01. The molecule has 0 saturated carbocycles. The lowest BCUT2D eigenvalue weighted by atomic mass is 10.0. The van der Waals surface area contributed by atoms with Gasteiger partial charge < -0.3 is 14.2 Å². The Hall–Kier alpha value is -2.37. The second kappa shape index (κ2) is 66.1. The zero-order valence-corrected chi connectivity index (χ0v) is 52.0. The van der Waals surface area contributed by atoms with Gasteiger partial charge in [-0.15, -0.1) is 0 Å². The van der Waals surface area contributed by atoms with Crippen LogP contribution in [0.1, 0.15) is 380 Å². The predicted octanol–water partition coefficient (Wildman–Crippen LogP) is 23.6. The number of carbonyl (C=O) groups is 3. The molecule has 0 aliphatic heterocycles. The summed E-state index contributed by atoms with van der Waals surface area (Å²) in [6, 6.07) is 0. The van der Waals surface area contributed by atoms with Gasteiger partial charge in [-0.3, -0.25) is 14.4 Å². The maximum Gasteiger partial charge on any atom is 0.306 e. The maximum absolute atomic E-state index is 12.8. The van der Waals surface area contributed by atoms with Crippen molar-refractivity contribution in [1.29, 1.82) is 0 Å². The van der Waals surface area contributed by atoms with Crippen molar-refractivity contribution in [2.24, 2.45) is 0 Å². The highest BCUT2D eigenvalue weighted by Gasteiger charge is 2.19. The molecule has 0 fully saturated rings. The first-order chi connectivity index (χ1) is 38.0. The molecule has 0 N–H and O–H groups in total. The van der Waals surface area contributed by atoms with E-state index in [-0.39, 0.29) is 31.1 Å². The van der Waals surface area contributed by atoms with Gasteiger partial charge in [-0.1, -0.05) is 346 Å². The highest BCUT2D eigenvalue weighted by molar-refractivity contribution is 5.71. The van der Waals surface area contributed by atoms with Crippen LogP contribution in [0.3, 0.4) is 0 Å². The lowest BCUT2D eigenvalue weighted by molar-refractivity contribution is -0.167. The van der Waals surface area contributed by atoms with Crippen LogP contribution in [0, 0.1) is 0 Å². The van der Waals surface area contributed by atoms with Crippen molar-refractivity contribution in [1.82, 2.24) is 0 Å². The molecular formula is C71H132O6. The summed E-state index contributed by atoms with van der Waals surface area (Å²) in [5.74, 6) is -0.887. The molecule has 0 aliphatic rings. The Bertz CT molecular complexity index is 1290. The highest BCUT2D eigenvalue weighted by atomic mass is 16.6. The van der Waals surface area contributed by atoms with Crippen LogP contribution >= 0.6 is 0 Å². The minimum Gasteiger partial charge on any atom is -0.462 e. The molecule has 0 bridgehead atoms. The monoisotopic (exact) mass is 1080 g/mol. The fourth-order valence-electron chi connectivity index (χ4n) is 10.5. The second-order valence-electron chi connectivity index (χ2n) is 23.4. The van der Waals surface area contributed by atoms with Crippen LogP contribution in [0.4, 0.5) is 0 Å². The van der Waals surface area contributed by atoms with Gasteiger partial charge in [0, 0.05) is 19.3 Å². The quantitative estimate of drug-likeness (QED) is 0.0261. The summed E-state index contributed by atoms with van der Waals surface area (Å²) >= 11 is 0. The van der Waals surface area contributed by atoms with Crippen LogP contribution in [0.15, 0.2) is 36.5 Å². The summed E-state index contributed by atoms with van der Waals surface area (Å²) in [7, 11) is 0. The average Bonchev–Trinajstić information content (AvgIpc) is 3.43. The van der Waals surface area contributed by atoms with Crippen LogP contribution in [-0.4, -0.2) is 37.2 Å². The minimum absolute atomic E-state index is 0.0791. The van der Waals surface area contributed by atoms with Gasteiger partial charge in [-0.2, -0.15) is 0 Å². The third-order valence-electron chi connectivity index (χ3n) is 15.7. The lowest BCUT2D eigenvalue weighted by Crippen LogP contribution is -2.30. The van der Waals surface area contributed by atoms with E-state index in [0.717, 1.165) is 83.5 Å². The van der Waals surface area contributed by atoms with Crippen molar-refractivity contribution in [3.05, 3.63) is 36.5 Å². The van der Waals surface area contributed by atoms with Crippen LogP contribution in [0.5, 0.6) is 0 Å². The molecule has 1 unspecified atom stereocenters. The summed E-state index contributed by atoms with van der Waals surface area (Å²) in [5.41, 5.74) is 0. The normalized spacial score (nSPS) is 12.2. The molecule has 452 valence electrons. The van der Waals surface area contributed by atoms with E-state index in [2.05, 4.69) is 57.2 Å². The molecule has 77 heavy (non-hydrogen) atoms. The number of carbonyl (C=O) groups excluding carboxylic acids is 3. The first kappa shape index (κ1) is 74.6. The predicted molar refractivity (Wildman–Crippen MR) is 335 cm³/mol. The van der Waals surface area contributed by atoms with Crippen molar-refractivity contribution >= 4 is 17.9 Å². The van der Waals surface area contributed by atoms with E-state index in [1.807, 2.05) is 0 Å². The molecule has 0 aromatic heterocycles. The van der Waals surface area contributed by atoms with Crippen LogP contribution in [-0.2, 0) is 28.6 Å². The topological polar surface area (TPSA) is 78.9 Å². The van der Waals surface area contributed by atoms with Crippen molar-refractivity contribution in [3.8, 4) is 0 Å². The van der Waals surface area contributed by atoms with Gasteiger partial charge in [0.25, 0.3) is 0 Å². The molecule has 0 amide bonds. The molecule has 0 aliphatic carbocycles. The van der Waals surface area contributed by atoms with Crippen LogP contribution in [0.25, 0.3) is 0 Å². The number of hydrogen-bond donors (Lipinski definition) is 0. The summed E-state index contributed by atoms with van der Waals surface area (Å²) < 4.78 is 16.9. The third-order valence-corrected chi connectivity index (χ3v) is 15.7. The van der Waals surface area contributed by atoms with Crippen molar-refractivity contribution in [2.45, 2.75) is 386 Å². The first-order valence-corrected chi connectivity index (χ1v) is 34.5. The summed E-state index contributed by atoms with van der Waals surface area (Å²) in [5, 5.41) is 0. The number of allylic oxidation sites excluding steroid dienone is 6. The van der Waals surface area contributed by atoms with Gasteiger partial charge in [0.1, 0.15) is 13.2 Å². The van der Waals surface area contributed by atoms with E-state index >= 15 is 0 Å². The van der Waals surface area contributed by atoms with Crippen molar-refractivity contribution in [2.75, 3.05) is 13.2 Å². The molecule has 0 heterocycles. The molecule has 0 aromatic rings. The van der Waals surface area contributed by atoms with E-state index < -0.39 is 6.10 Å². The maximum atomic E-state index is 12.8. The summed E-state index contributed by atoms with van der Waals surface area (Å²) in [6.07, 6.45) is 82.1. The zero-order valence-electron chi connectivity index (χ0n) is 52.0. The molecule has 0 radical (unpaired) electrons. The Morgan fingerprint density at radius 1 is 0.273 bits per heavy atom. The lowest BCUT2D eigenvalue weighted by Gasteiger charge is -2.18. The molecule has 0 rings (SSSR count). The van der Waals surface area contributed by atoms with Gasteiger partial charge in [0.2, 0.25) is 0 Å². The minimum atomic E-state index is -0.783. The van der Waals surface area contributed by atoms with Gasteiger partial charge >= 0.3 is 17.9 Å². The fraction of sp³-hybridized carbons (Fsp3) is 0.873. The van der Waals surface area contributed by atoms with E-state index in [9.17, 15) is 14.4 Å². The molecule has 1 atom stereocenters. The Morgan fingerprint density at radius 3 is 0.792 bits per heavy atom. The SMILES string of the molecule is CC/C=C\C/C=C\C/C=C\CCCCCC(=O)OC(COC(=O)CCCCCCCCCCCCCC)COC(=O)CCCCCCCCCCCCCCCCCCCCCCCCCCCCCCCCCCCC. The third kappa shape index (κ3) is 64.3. The molecular weight excluding hydrogens is 949 g/mol. The number of rotatable bonds is 64. The molecule has 6 nitrogen and oxygen atoms in total. The van der Waals surface area contributed by atoms with Gasteiger partial charge in [0.05, 0.1) is 0 Å². The molecule has 0 aromatic carbocycles. The average molecular weight is 1080 g/mol. The number of ether oxygens (including phenoxy) is 3. The number of hydrogen-bond acceptors (Lipinski definition) is 6. The van der Waals surface area contributed by atoms with Crippen LogP contribution in [0.2, 0.25) is 0 Å². The first-order valence-electron chi connectivity index (χ1n) is 34.5. The molecule has 6 heteroatoms. The van der Waals surface area contributed by atoms with E-state index in [0.29, 0.717) is 19.3 Å². The van der Waals surface area contributed by atoms with Crippen molar-refractivity contribution in [3.63, 3.8) is 0 Å². The Labute approximate surface area is 480 Å². The zero-order chi connectivity index (χ0) is 55.7. The highest BCUT2D eigenvalue weighted by Crippen LogP contribution is 2.19. The smallest absolute Gasteiger partial charge is 0.306 e. The largest absolute Gasteiger partial charge is 0.462 e. The van der Waals surface area contributed by atoms with Gasteiger partial charge in [0.15, 0.2) is 6.10 Å². The summed E-state index contributed by atoms with van der Waals surface area (Å²) in [4.78, 5) is 38.2. The summed E-state index contributed by atoms with van der Waals surface area (Å²) in [6.45, 7) is 6.56. The van der Waals surface area contributed by atoms with Gasteiger partial charge in [-0.25, -0.2) is 0 Å². The molecule has 0 saturated heterocycles. The molecule has 0 spiro atoms. The Kier molecular flexibility index (Phi) is 64.1. The van der Waals surface area contributed by atoms with Crippen molar-refractivity contribution < 1.29 is 28.6 Å². The number of unbranched alkanes of at least 4 members (excludes halogenated alkanes) is 47. The number of esters is 3. The van der Waals surface area contributed by atoms with E-state index in [4.69, 9.17) is 14.2 Å². The van der Waals surface area contributed by atoms with E-state index in [1.165, 1.54) is 257 Å². The Morgan fingerprint density at radius 2 is 0.506 bits per heavy atom. The fourth-order valence-corrected chi connectivity index (χ4v) is 10.5. The van der Waals surface area contributed by atoms with Gasteiger partial charge in [-0.05, 0) is 51.4 Å². The van der Waals surface area contributed by atoms with Crippen LogP contribution < -0.4 is 0 Å². The second-order valence-corrected chi connectivity index (χ2v) is 23.4. The van der Waals surface area contributed by atoms with E-state index in [1.54, 1.807) is 0 Å². The standard InChI is InChI=1S/C71H132O6/c1-4-7-10-13-16-19-22-25-26-27-28-29-30-31-32-33-34-35-36-37-38-39-40-41-42-43-44-45-47-49-52-55-58-61-64-70(73)76-67-68(66-75-69(72)63-60-57-54-51-48-24-21-18-15-12-9-6-3)77-71(74)65-62-59-56-53-50-46-23-20-17-14-11-8-5-2/h8,11,17,20,46,50,68H,4-7,9-10,12-16,18-19,21-45,47-49,51-67H2,1-3H3/b11-8-,20-17-,50-46-.